The summed E-state index contributed by atoms with van der Waals surface area (Å²) in [6, 6.07) is 5.21. The van der Waals surface area contributed by atoms with Gasteiger partial charge in [0.05, 0.1) is 6.26 Å². The minimum Gasteiger partial charge on any atom is -0.508 e. The van der Waals surface area contributed by atoms with E-state index < -0.39 is 0 Å². The van der Waals surface area contributed by atoms with Crippen molar-refractivity contribution >= 4 is 11.0 Å². The summed E-state index contributed by atoms with van der Waals surface area (Å²) in [7, 11) is 0. The second-order valence-corrected chi connectivity index (χ2v) is 2.60. The Morgan fingerprint density at radius 3 is 3.00 bits per heavy atom. The molecular weight excluding hydrogens is 140 g/mol. The number of phenolic OH excluding ortho intramolecular Hbond substituents is 1. The molecule has 0 bridgehead atoms. The van der Waals surface area contributed by atoms with Crippen molar-refractivity contribution in [2.75, 3.05) is 0 Å². The zero-order chi connectivity index (χ0) is 7.84. The SMILES string of the molecule is Cc1cc(O)cc2ccoc12. The molecule has 1 aromatic heterocycles. The van der Waals surface area contributed by atoms with Crippen molar-refractivity contribution in [3.05, 3.63) is 30.0 Å². The fourth-order valence-electron chi connectivity index (χ4n) is 1.24. The first-order valence-corrected chi connectivity index (χ1v) is 3.44. The zero-order valence-corrected chi connectivity index (χ0v) is 6.16. The van der Waals surface area contributed by atoms with E-state index >= 15 is 0 Å². The zero-order valence-electron chi connectivity index (χ0n) is 6.16. The molecule has 2 aromatic rings. The monoisotopic (exact) mass is 148 g/mol. The predicted octanol–water partition coefficient (Wildman–Crippen LogP) is 2.45. The number of aryl methyl sites for hydroxylation is 1. The quantitative estimate of drug-likeness (QED) is 0.622. The fourth-order valence-corrected chi connectivity index (χ4v) is 1.24. The third-order valence-corrected chi connectivity index (χ3v) is 1.72. The van der Waals surface area contributed by atoms with Crippen LogP contribution < -0.4 is 0 Å². The number of furan rings is 1. The van der Waals surface area contributed by atoms with Crippen molar-refractivity contribution in [1.82, 2.24) is 0 Å². The van der Waals surface area contributed by atoms with Gasteiger partial charge in [0.2, 0.25) is 0 Å². The van der Waals surface area contributed by atoms with Crippen LogP contribution in [0, 0.1) is 6.92 Å². The molecule has 2 heteroatoms. The van der Waals surface area contributed by atoms with Crippen LogP contribution in [0.1, 0.15) is 5.56 Å². The molecule has 2 rings (SSSR count). The third kappa shape index (κ3) is 0.871. The fraction of sp³-hybridized carbons (Fsp3) is 0.111. The van der Waals surface area contributed by atoms with Crippen LogP contribution in [0.5, 0.6) is 5.75 Å². The summed E-state index contributed by atoms with van der Waals surface area (Å²) in [4.78, 5) is 0. The van der Waals surface area contributed by atoms with Crippen LogP contribution in [-0.2, 0) is 0 Å². The molecule has 0 radical (unpaired) electrons. The van der Waals surface area contributed by atoms with Crippen molar-refractivity contribution in [2.45, 2.75) is 6.92 Å². The van der Waals surface area contributed by atoms with E-state index in [0.717, 1.165) is 16.5 Å². The van der Waals surface area contributed by atoms with Gasteiger partial charge in [0, 0.05) is 5.39 Å². The van der Waals surface area contributed by atoms with Gasteiger partial charge in [-0.15, -0.1) is 0 Å². The highest BCUT2D eigenvalue weighted by Gasteiger charge is 2.01. The Kier molecular flexibility index (Phi) is 1.15. The number of benzene rings is 1. The topological polar surface area (TPSA) is 33.4 Å². The largest absolute Gasteiger partial charge is 0.508 e. The van der Waals surface area contributed by atoms with Crippen molar-refractivity contribution < 1.29 is 9.52 Å². The first-order chi connectivity index (χ1) is 5.27. The van der Waals surface area contributed by atoms with Gasteiger partial charge in [-0.1, -0.05) is 0 Å². The summed E-state index contributed by atoms with van der Waals surface area (Å²) in [5.41, 5.74) is 1.81. The molecule has 0 atom stereocenters. The molecule has 0 aliphatic rings. The lowest BCUT2D eigenvalue weighted by Gasteiger charge is -1.95. The molecule has 0 saturated carbocycles. The molecule has 0 saturated heterocycles. The summed E-state index contributed by atoms with van der Waals surface area (Å²) in [5.74, 6) is 0.288. The van der Waals surface area contributed by atoms with Gasteiger partial charge in [0.25, 0.3) is 0 Å². The second-order valence-electron chi connectivity index (χ2n) is 2.60. The summed E-state index contributed by atoms with van der Waals surface area (Å²) >= 11 is 0. The molecule has 0 amide bonds. The normalized spacial score (nSPS) is 10.6. The molecule has 0 unspecified atom stereocenters. The molecule has 0 aliphatic carbocycles. The lowest BCUT2D eigenvalue weighted by molar-refractivity contribution is 0.475. The molecule has 1 N–H and O–H groups in total. The summed E-state index contributed by atoms with van der Waals surface area (Å²) in [6.45, 7) is 1.91. The van der Waals surface area contributed by atoms with Crippen molar-refractivity contribution in [3.63, 3.8) is 0 Å². The van der Waals surface area contributed by atoms with Gasteiger partial charge in [-0.2, -0.15) is 0 Å². The molecule has 56 valence electrons. The molecule has 1 heterocycles. The molecule has 0 aliphatic heterocycles. The summed E-state index contributed by atoms with van der Waals surface area (Å²) < 4.78 is 5.19. The Bertz CT molecular complexity index is 387. The molecule has 1 aromatic carbocycles. The third-order valence-electron chi connectivity index (χ3n) is 1.72. The second kappa shape index (κ2) is 2.02. The Morgan fingerprint density at radius 2 is 2.18 bits per heavy atom. The smallest absolute Gasteiger partial charge is 0.137 e. The number of hydrogen-bond donors (Lipinski definition) is 1. The van der Waals surface area contributed by atoms with Crippen LogP contribution in [0.15, 0.2) is 28.9 Å². The van der Waals surface area contributed by atoms with E-state index in [1.165, 1.54) is 0 Å². The highest BCUT2D eigenvalue weighted by Crippen LogP contribution is 2.24. The van der Waals surface area contributed by atoms with E-state index in [1.807, 2.05) is 13.0 Å². The average molecular weight is 148 g/mol. The Balaban J connectivity index is 2.91. The number of rotatable bonds is 0. The highest BCUT2D eigenvalue weighted by molar-refractivity contribution is 5.81. The number of aromatic hydroxyl groups is 1. The molecular formula is C9H8O2. The highest BCUT2D eigenvalue weighted by atomic mass is 16.3. The summed E-state index contributed by atoms with van der Waals surface area (Å²) in [6.07, 6.45) is 1.62. The Morgan fingerprint density at radius 1 is 1.36 bits per heavy atom. The van der Waals surface area contributed by atoms with E-state index in [2.05, 4.69) is 0 Å². The van der Waals surface area contributed by atoms with E-state index in [-0.39, 0.29) is 5.75 Å². The average Bonchev–Trinajstić information content (AvgIpc) is 2.34. The maximum atomic E-state index is 9.19. The van der Waals surface area contributed by atoms with Crippen molar-refractivity contribution in [2.24, 2.45) is 0 Å². The molecule has 11 heavy (non-hydrogen) atoms. The maximum absolute atomic E-state index is 9.19. The first-order valence-electron chi connectivity index (χ1n) is 3.44. The van der Waals surface area contributed by atoms with Crippen molar-refractivity contribution in [3.8, 4) is 5.75 Å². The predicted molar refractivity (Wildman–Crippen MR) is 42.6 cm³/mol. The minimum atomic E-state index is 0.288. The maximum Gasteiger partial charge on any atom is 0.137 e. The molecule has 2 nitrogen and oxygen atoms in total. The van der Waals surface area contributed by atoms with E-state index in [1.54, 1.807) is 18.4 Å². The van der Waals surface area contributed by atoms with Gasteiger partial charge < -0.3 is 9.52 Å². The lowest BCUT2D eigenvalue weighted by Crippen LogP contribution is -1.72. The van der Waals surface area contributed by atoms with Crippen molar-refractivity contribution in [1.29, 1.82) is 0 Å². The van der Waals surface area contributed by atoms with Gasteiger partial charge in [0.1, 0.15) is 11.3 Å². The Labute approximate surface area is 64.1 Å². The van der Waals surface area contributed by atoms with Gasteiger partial charge >= 0.3 is 0 Å². The van der Waals surface area contributed by atoms with Crippen LogP contribution in [0.4, 0.5) is 0 Å². The van der Waals surface area contributed by atoms with Gasteiger partial charge in [-0.05, 0) is 30.7 Å². The number of fused-ring (bicyclic) bond motifs is 1. The molecule has 0 fully saturated rings. The number of phenols is 1. The van der Waals surface area contributed by atoms with Gasteiger partial charge in [-0.3, -0.25) is 0 Å². The first kappa shape index (κ1) is 6.28. The van der Waals surface area contributed by atoms with Crippen LogP contribution in [0.25, 0.3) is 11.0 Å². The van der Waals surface area contributed by atoms with Crippen LogP contribution in [0.2, 0.25) is 0 Å². The van der Waals surface area contributed by atoms with E-state index in [4.69, 9.17) is 4.42 Å². The van der Waals surface area contributed by atoms with E-state index in [0.29, 0.717) is 0 Å². The Hall–Kier alpha value is -1.44. The lowest BCUT2D eigenvalue weighted by atomic mass is 10.2. The van der Waals surface area contributed by atoms with Crippen LogP contribution >= 0.6 is 0 Å². The molecule has 0 spiro atoms. The van der Waals surface area contributed by atoms with Crippen LogP contribution in [-0.4, -0.2) is 5.11 Å². The number of hydrogen-bond acceptors (Lipinski definition) is 2. The van der Waals surface area contributed by atoms with Gasteiger partial charge in [0.15, 0.2) is 0 Å². The van der Waals surface area contributed by atoms with E-state index in [9.17, 15) is 5.11 Å². The van der Waals surface area contributed by atoms with Crippen LogP contribution in [0.3, 0.4) is 0 Å². The van der Waals surface area contributed by atoms with Gasteiger partial charge in [-0.25, -0.2) is 0 Å². The summed E-state index contributed by atoms with van der Waals surface area (Å²) in [5, 5.41) is 10.1. The minimum absolute atomic E-state index is 0.288. The standard InChI is InChI=1S/C9H8O2/c1-6-4-8(10)5-7-2-3-11-9(6)7/h2-5,10H,1H3.